The van der Waals surface area contributed by atoms with Crippen LogP contribution in [-0.2, 0) is 19.1 Å². The number of thioether (sulfide) groups is 1. The largest absolute Gasteiger partial charge is 0.391 e. The number of amides is 2. The molecule has 0 aliphatic carbocycles. The predicted octanol–water partition coefficient (Wildman–Crippen LogP) is -2.46. The molecule has 0 radical (unpaired) electrons. The first kappa shape index (κ1) is 28.0. The number of nitrogens with two attached hydrogens (primary N) is 1. The Kier molecular flexibility index (Phi) is 11.0. The molecule has 4 unspecified atom stereocenters. The van der Waals surface area contributed by atoms with E-state index in [9.17, 15) is 35.1 Å². The summed E-state index contributed by atoms with van der Waals surface area (Å²) in [5, 5.41) is 49.2. The van der Waals surface area contributed by atoms with Gasteiger partial charge in [0.2, 0.25) is 11.8 Å². The molecule has 2 aliphatic heterocycles. The zero-order valence-corrected chi connectivity index (χ0v) is 19.3. The number of nitrogens with zero attached hydrogens (tertiary/aromatic N) is 1. The number of aliphatic hydroxyl groups excluding tert-OH is 5. The van der Waals surface area contributed by atoms with Gasteiger partial charge in [0, 0.05) is 25.1 Å². The smallest absolute Gasteiger partial charge is 0.242 e. The number of likely N-dealkylation sites (tertiary alicyclic amines) is 1. The van der Waals surface area contributed by atoms with Gasteiger partial charge in [0.15, 0.2) is 6.29 Å². The minimum atomic E-state index is -1.58. The summed E-state index contributed by atoms with van der Waals surface area (Å²) in [6.07, 6.45) is -2.18. The van der Waals surface area contributed by atoms with Crippen molar-refractivity contribution in [2.45, 2.75) is 86.8 Å². The van der Waals surface area contributed by atoms with Gasteiger partial charge in [0.1, 0.15) is 18.3 Å². The number of carbonyl (C=O) groups is 2. The van der Waals surface area contributed by atoms with E-state index in [0.717, 1.165) is 11.8 Å². The van der Waals surface area contributed by atoms with Crippen molar-refractivity contribution in [3.63, 3.8) is 0 Å². The molecule has 9 atom stereocenters. The third-order valence-corrected chi connectivity index (χ3v) is 6.96. The normalized spacial score (nSPS) is 33.1. The number of rotatable bonds is 12. The van der Waals surface area contributed by atoms with Gasteiger partial charge in [-0.1, -0.05) is 0 Å². The molecule has 2 aliphatic rings. The summed E-state index contributed by atoms with van der Waals surface area (Å²) in [4.78, 5) is 26.0. The van der Waals surface area contributed by atoms with E-state index < -0.39 is 54.2 Å². The summed E-state index contributed by atoms with van der Waals surface area (Å²) >= 11 is 1.12. The Hall–Kier alpha value is -1.27. The molecule has 2 heterocycles. The number of terminal acetylenes is 1. The molecule has 11 nitrogen and oxygen atoms in total. The van der Waals surface area contributed by atoms with Crippen LogP contribution in [0.15, 0.2) is 0 Å². The second-order valence-corrected chi connectivity index (χ2v) is 9.55. The molecule has 0 spiro atoms. The van der Waals surface area contributed by atoms with Gasteiger partial charge in [-0.15, -0.1) is 24.1 Å². The molecule has 12 heteroatoms. The lowest BCUT2D eigenvalue weighted by Crippen LogP contribution is -2.59. The van der Waals surface area contributed by atoms with E-state index in [-0.39, 0.29) is 30.6 Å². The highest BCUT2D eigenvalue weighted by molar-refractivity contribution is 8.00. The van der Waals surface area contributed by atoms with Gasteiger partial charge in [0.25, 0.3) is 0 Å². The highest BCUT2D eigenvalue weighted by atomic mass is 32.2. The second-order valence-electron chi connectivity index (χ2n) is 8.31. The van der Waals surface area contributed by atoms with Gasteiger partial charge < -0.3 is 40.7 Å². The number of hydrogen-bond donors (Lipinski definition) is 6. The van der Waals surface area contributed by atoms with Crippen LogP contribution in [0.4, 0.5) is 0 Å². The van der Waals surface area contributed by atoms with Crippen molar-refractivity contribution in [3.05, 3.63) is 0 Å². The Morgan fingerprint density at radius 2 is 1.94 bits per heavy atom. The van der Waals surface area contributed by atoms with Gasteiger partial charge in [-0.3, -0.25) is 14.5 Å². The first-order valence-corrected chi connectivity index (χ1v) is 12.0. The van der Waals surface area contributed by atoms with Crippen molar-refractivity contribution < 1.29 is 44.6 Å². The highest BCUT2D eigenvalue weighted by Gasteiger charge is 2.46. The average Bonchev–Trinajstić information content (AvgIpc) is 3.05. The molecular weight excluding hydrogens is 456 g/mol. The Morgan fingerprint density at radius 1 is 1.24 bits per heavy atom. The summed E-state index contributed by atoms with van der Waals surface area (Å²) in [6.45, 7) is 1.37. The lowest BCUT2D eigenvalue weighted by Gasteiger charge is -2.40. The second kappa shape index (κ2) is 13.0. The predicted molar refractivity (Wildman–Crippen MR) is 119 cm³/mol. The fraction of sp³-hybridized carbons (Fsp3) is 0.810. The maximum atomic E-state index is 12.6. The number of aliphatic hydroxyl groups is 5. The van der Waals surface area contributed by atoms with Crippen LogP contribution in [0.2, 0.25) is 0 Å². The lowest BCUT2D eigenvalue weighted by atomic mass is 10.00. The number of hydrogen-bond acceptors (Lipinski definition) is 11. The third-order valence-electron chi connectivity index (χ3n) is 5.67. The zero-order chi connectivity index (χ0) is 24.7. The van der Waals surface area contributed by atoms with Gasteiger partial charge in [-0.25, -0.2) is 0 Å². The van der Waals surface area contributed by atoms with Crippen molar-refractivity contribution in [1.29, 1.82) is 0 Å². The van der Waals surface area contributed by atoms with Crippen molar-refractivity contribution in [1.82, 2.24) is 4.90 Å². The summed E-state index contributed by atoms with van der Waals surface area (Å²) in [5.74, 6) is 1.98. The van der Waals surface area contributed by atoms with E-state index >= 15 is 0 Å². The first-order valence-electron chi connectivity index (χ1n) is 10.9. The molecule has 0 aromatic heterocycles. The maximum Gasteiger partial charge on any atom is 0.242 e. The molecule has 188 valence electrons. The molecule has 2 fully saturated rings. The third kappa shape index (κ3) is 7.35. The summed E-state index contributed by atoms with van der Waals surface area (Å²) < 4.78 is 11.0. The van der Waals surface area contributed by atoms with Gasteiger partial charge in [-0.05, 0) is 19.8 Å². The maximum absolute atomic E-state index is 12.6. The van der Waals surface area contributed by atoms with Crippen LogP contribution in [-0.4, -0.2) is 115 Å². The van der Waals surface area contributed by atoms with E-state index in [2.05, 4.69) is 5.92 Å². The van der Waals surface area contributed by atoms with Crippen molar-refractivity contribution >= 4 is 23.6 Å². The van der Waals surface area contributed by atoms with Crippen molar-refractivity contribution in [2.75, 3.05) is 18.9 Å². The monoisotopic (exact) mass is 490 g/mol. The Balaban J connectivity index is 1.89. The van der Waals surface area contributed by atoms with Gasteiger partial charge in [-0.2, -0.15) is 0 Å². The van der Waals surface area contributed by atoms with E-state index in [0.29, 0.717) is 25.8 Å². The van der Waals surface area contributed by atoms with E-state index in [1.807, 2.05) is 0 Å². The molecule has 2 amide bonds. The molecule has 0 aromatic rings. The Bertz CT molecular complexity index is 704. The molecule has 2 saturated heterocycles. The SMILES string of the molecule is C#CCCCCN1C(=O)CC(SCC2O[C@H](OC[C@H](N)[C@H](O)[C@@H](C)O)C(O)C(O)[C@H]2O)C1=O. The summed E-state index contributed by atoms with van der Waals surface area (Å²) in [7, 11) is 0. The number of imide groups is 1. The van der Waals surface area contributed by atoms with E-state index in [1.165, 1.54) is 11.8 Å². The zero-order valence-electron chi connectivity index (χ0n) is 18.5. The van der Waals surface area contributed by atoms with E-state index in [4.69, 9.17) is 21.6 Å². The first-order chi connectivity index (χ1) is 15.6. The van der Waals surface area contributed by atoms with Crippen molar-refractivity contribution in [2.24, 2.45) is 5.73 Å². The summed E-state index contributed by atoms with van der Waals surface area (Å²) in [6, 6.07) is -0.980. The molecular formula is C21H34N2O9S. The van der Waals surface area contributed by atoms with Crippen LogP contribution in [0.25, 0.3) is 0 Å². The fourth-order valence-corrected chi connectivity index (χ4v) is 4.81. The van der Waals surface area contributed by atoms with Crippen LogP contribution in [0.5, 0.6) is 0 Å². The van der Waals surface area contributed by atoms with Crippen LogP contribution >= 0.6 is 11.8 Å². The van der Waals surface area contributed by atoms with Crippen molar-refractivity contribution in [3.8, 4) is 12.3 Å². The number of ether oxygens (including phenoxy) is 2. The molecule has 2 rings (SSSR count). The Morgan fingerprint density at radius 3 is 2.58 bits per heavy atom. The van der Waals surface area contributed by atoms with Gasteiger partial charge in [0.05, 0.1) is 36.2 Å². The van der Waals surface area contributed by atoms with Gasteiger partial charge >= 0.3 is 0 Å². The molecule has 0 bridgehead atoms. The molecule has 0 saturated carbocycles. The van der Waals surface area contributed by atoms with E-state index in [1.54, 1.807) is 0 Å². The summed E-state index contributed by atoms with van der Waals surface area (Å²) in [5.41, 5.74) is 5.74. The lowest BCUT2D eigenvalue weighted by molar-refractivity contribution is -0.293. The van der Waals surface area contributed by atoms with Crippen LogP contribution < -0.4 is 5.73 Å². The minimum Gasteiger partial charge on any atom is -0.391 e. The van der Waals surface area contributed by atoms with Crippen LogP contribution in [0, 0.1) is 12.3 Å². The average molecular weight is 491 g/mol. The van der Waals surface area contributed by atoms with Crippen LogP contribution in [0.3, 0.4) is 0 Å². The highest BCUT2D eigenvalue weighted by Crippen LogP contribution is 2.30. The number of carbonyl (C=O) groups excluding carboxylic acids is 2. The molecule has 33 heavy (non-hydrogen) atoms. The number of unbranched alkanes of at least 4 members (excludes halogenated alkanes) is 2. The van der Waals surface area contributed by atoms with Crippen LogP contribution in [0.1, 0.15) is 32.6 Å². The quantitative estimate of drug-likeness (QED) is 0.0969. The topological polar surface area (TPSA) is 183 Å². The standard InChI is InChI=1S/C21H34N2O9S/c1-3-4-5-6-7-23-15(25)8-14(20(23)30)33-10-13-17(27)18(28)19(29)21(32-13)31-9-12(22)16(26)11(2)24/h1,11-14,16-19,21,24,26-29H,4-10,22H2,2H3/t11-,12+,13?,14?,16-,17+,18?,19?,21+/m1/s1. The fourth-order valence-electron chi connectivity index (χ4n) is 3.58. The molecule has 0 aromatic carbocycles. The molecule has 7 N–H and O–H groups in total. The minimum absolute atomic E-state index is 0.0264. The Labute approximate surface area is 197 Å².